The van der Waals surface area contributed by atoms with Crippen molar-refractivity contribution in [3.63, 3.8) is 0 Å². The van der Waals surface area contributed by atoms with Crippen molar-refractivity contribution in [2.75, 3.05) is 37.0 Å². The summed E-state index contributed by atoms with van der Waals surface area (Å²) in [5.74, 6) is 0. The van der Waals surface area contributed by atoms with Crippen molar-refractivity contribution in [2.24, 2.45) is 0 Å². The highest BCUT2D eigenvalue weighted by Crippen LogP contribution is 2.47. The van der Waals surface area contributed by atoms with Crippen LogP contribution in [0.4, 0.5) is 20.4 Å². The number of thiazole rings is 1. The van der Waals surface area contributed by atoms with Gasteiger partial charge in [0.2, 0.25) is 0 Å². The van der Waals surface area contributed by atoms with Crippen LogP contribution in [0.1, 0.15) is 12.0 Å². The van der Waals surface area contributed by atoms with Gasteiger partial charge in [-0.15, -0.1) is 0 Å². The molecule has 4 rings (SSSR count). The number of nitrogens with zero attached hydrogens (tertiary/aromatic N) is 3. The van der Waals surface area contributed by atoms with Crippen LogP contribution in [0, 0.1) is 0 Å². The van der Waals surface area contributed by atoms with Crippen molar-refractivity contribution in [3.05, 3.63) is 39.3 Å². The third kappa shape index (κ3) is 3.22. The molecule has 0 bridgehead atoms. The van der Waals surface area contributed by atoms with E-state index in [-0.39, 0.29) is 17.5 Å². The lowest BCUT2D eigenvalue weighted by Gasteiger charge is -2.25. The Labute approximate surface area is 169 Å². The Kier molecular flexibility index (Phi) is 4.65. The molecule has 0 unspecified atom stereocenters. The van der Waals surface area contributed by atoms with Crippen molar-refractivity contribution >= 4 is 57.5 Å². The summed E-state index contributed by atoms with van der Waals surface area (Å²) in [6, 6.07) is 5.18. The highest BCUT2D eigenvalue weighted by atomic mass is 35.5. The standard InChI is InChI=1S/C17H16Cl2N4O3S/c1-26-16(25)22-5-4-17(8-22)9-23(12-3-2-10(18)6-11(12)17)15(24)21-14-20-7-13(19)27-14/h2-3,6-7H,4-5,8-9H2,1H3,(H,20,21,24)/t17-/m1/s1. The summed E-state index contributed by atoms with van der Waals surface area (Å²) in [5.41, 5.74) is 1.38. The van der Waals surface area contributed by atoms with Gasteiger partial charge in [-0.25, -0.2) is 14.6 Å². The molecule has 3 amide bonds. The molecule has 7 nitrogen and oxygen atoms in total. The number of hydrogen-bond donors (Lipinski definition) is 1. The summed E-state index contributed by atoms with van der Waals surface area (Å²) in [5, 5.41) is 3.81. The summed E-state index contributed by atoms with van der Waals surface area (Å²) in [6.07, 6.45) is 1.85. The number of aromatic nitrogens is 1. The van der Waals surface area contributed by atoms with Crippen LogP contribution in [0.15, 0.2) is 24.4 Å². The minimum Gasteiger partial charge on any atom is -0.453 e. The van der Waals surface area contributed by atoms with E-state index in [1.165, 1.54) is 24.6 Å². The first kappa shape index (κ1) is 18.3. The van der Waals surface area contributed by atoms with E-state index in [1.807, 2.05) is 12.1 Å². The van der Waals surface area contributed by atoms with Crippen LogP contribution in [-0.2, 0) is 10.2 Å². The van der Waals surface area contributed by atoms with Crippen molar-refractivity contribution < 1.29 is 14.3 Å². The second-order valence-electron chi connectivity index (χ2n) is 6.57. The van der Waals surface area contributed by atoms with E-state index in [0.717, 1.165) is 17.7 Å². The largest absolute Gasteiger partial charge is 0.453 e. The number of halogens is 2. The molecule has 2 aliphatic rings. The van der Waals surface area contributed by atoms with Gasteiger partial charge in [-0.2, -0.15) is 0 Å². The number of nitrogens with one attached hydrogen (secondary N) is 1. The maximum atomic E-state index is 12.9. The van der Waals surface area contributed by atoms with Crippen LogP contribution >= 0.6 is 34.5 Å². The van der Waals surface area contributed by atoms with Gasteiger partial charge in [0.15, 0.2) is 5.13 Å². The summed E-state index contributed by atoms with van der Waals surface area (Å²) < 4.78 is 5.35. The number of urea groups is 1. The van der Waals surface area contributed by atoms with Crippen LogP contribution < -0.4 is 10.2 Å². The number of carbonyl (C=O) groups excluding carboxylic acids is 2. The van der Waals surface area contributed by atoms with E-state index in [0.29, 0.717) is 34.1 Å². The topological polar surface area (TPSA) is 74.8 Å². The van der Waals surface area contributed by atoms with Gasteiger partial charge in [-0.05, 0) is 30.2 Å². The van der Waals surface area contributed by atoms with Crippen molar-refractivity contribution in [2.45, 2.75) is 11.8 Å². The minimum atomic E-state index is -0.369. The molecule has 1 spiro atoms. The third-order valence-electron chi connectivity index (χ3n) is 5.00. The fourth-order valence-corrected chi connectivity index (χ4v) is 4.77. The van der Waals surface area contributed by atoms with Gasteiger partial charge >= 0.3 is 12.1 Å². The molecule has 3 heterocycles. The van der Waals surface area contributed by atoms with Gasteiger partial charge in [0, 0.05) is 35.8 Å². The molecule has 1 atom stereocenters. The first-order valence-electron chi connectivity index (χ1n) is 8.25. The van der Waals surface area contributed by atoms with Gasteiger partial charge in [-0.1, -0.05) is 34.5 Å². The molecule has 2 aromatic rings. The number of likely N-dealkylation sites (tertiary alicyclic amines) is 1. The normalized spacial score (nSPS) is 20.9. The van der Waals surface area contributed by atoms with Crippen LogP contribution in [0.5, 0.6) is 0 Å². The van der Waals surface area contributed by atoms with E-state index in [9.17, 15) is 9.59 Å². The van der Waals surface area contributed by atoms with Gasteiger partial charge in [0.1, 0.15) is 4.34 Å². The smallest absolute Gasteiger partial charge is 0.409 e. The predicted octanol–water partition coefficient (Wildman–Crippen LogP) is 4.21. The number of benzene rings is 1. The quantitative estimate of drug-likeness (QED) is 0.740. The highest BCUT2D eigenvalue weighted by Gasteiger charge is 2.50. The molecule has 0 aliphatic carbocycles. The number of rotatable bonds is 1. The zero-order valence-electron chi connectivity index (χ0n) is 14.4. The Morgan fingerprint density at radius 2 is 2.15 bits per heavy atom. The van der Waals surface area contributed by atoms with E-state index < -0.39 is 0 Å². The van der Waals surface area contributed by atoms with E-state index in [2.05, 4.69) is 10.3 Å². The molecular weight excluding hydrogens is 411 g/mol. The van der Waals surface area contributed by atoms with Crippen LogP contribution in [-0.4, -0.2) is 48.8 Å². The molecule has 0 saturated carbocycles. The maximum absolute atomic E-state index is 12.9. The second kappa shape index (κ2) is 6.85. The Balaban J connectivity index is 1.64. The molecule has 27 heavy (non-hydrogen) atoms. The molecule has 142 valence electrons. The van der Waals surface area contributed by atoms with Gasteiger partial charge in [0.05, 0.1) is 13.3 Å². The number of amides is 3. The monoisotopic (exact) mass is 426 g/mol. The Hall–Kier alpha value is -2.03. The average molecular weight is 427 g/mol. The average Bonchev–Trinajstić information content (AvgIpc) is 3.34. The second-order valence-corrected chi connectivity index (χ2v) is 8.67. The number of ether oxygens (including phenoxy) is 1. The van der Waals surface area contributed by atoms with Crippen LogP contribution in [0.2, 0.25) is 9.36 Å². The lowest BCUT2D eigenvalue weighted by atomic mass is 9.81. The summed E-state index contributed by atoms with van der Waals surface area (Å²) in [4.78, 5) is 32.2. The number of carbonyl (C=O) groups is 2. The molecule has 1 saturated heterocycles. The Bertz CT molecular complexity index is 921. The molecule has 1 N–H and O–H groups in total. The van der Waals surface area contributed by atoms with Crippen LogP contribution in [0.25, 0.3) is 0 Å². The highest BCUT2D eigenvalue weighted by molar-refractivity contribution is 7.19. The van der Waals surface area contributed by atoms with E-state index >= 15 is 0 Å². The fraction of sp³-hybridized carbons (Fsp3) is 0.353. The SMILES string of the molecule is COC(=O)N1CC[C@@]2(C1)CN(C(=O)Nc1ncc(Cl)s1)c1ccc(Cl)cc12. The molecule has 10 heteroatoms. The summed E-state index contributed by atoms with van der Waals surface area (Å²) >= 11 is 13.3. The molecule has 0 radical (unpaired) electrons. The predicted molar refractivity (Wildman–Crippen MR) is 105 cm³/mol. The summed E-state index contributed by atoms with van der Waals surface area (Å²) in [6.45, 7) is 1.48. The number of hydrogen-bond acceptors (Lipinski definition) is 5. The molecule has 1 fully saturated rings. The van der Waals surface area contributed by atoms with Crippen molar-refractivity contribution in [1.29, 1.82) is 0 Å². The number of anilines is 2. The minimum absolute atomic E-state index is 0.294. The van der Waals surface area contributed by atoms with Gasteiger partial charge in [-0.3, -0.25) is 10.2 Å². The first-order chi connectivity index (χ1) is 12.9. The summed E-state index contributed by atoms with van der Waals surface area (Å²) in [7, 11) is 1.37. The first-order valence-corrected chi connectivity index (χ1v) is 9.82. The molecule has 1 aromatic heterocycles. The van der Waals surface area contributed by atoms with Crippen molar-refractivity contribution in [1.82, 2.24) is 9.88 Å². The molecule has 2 aliphatic heterocycles. The molecular formula is C17H16Cl2N4O3S. The zero-order valence-corrected chi connectivity index (χ0v) is 16.7. The van der Waals surface area contributed by atoms with Crippen molar-refractivity contribution in [3.8, 4) is 0 Å². The fourth-order valence-electron chi connectivity index (χ4n) is 3.80. The maximum Gasteiger partial charge on any atom is 0.409 e. The van der Waals surface area contributed by atoms with Gasteiger partial charge < -0.3 is 9.64 Å². The third-order valence-corrected chi connectivity index (χ3v) is 6.27. The number of fused-ring (bicyclic) bond motifs is 2. The lowest BCUT2D eigenvalue weighted by Crippen LogP contribution is -2.41. The lowest BCUT2D eigenvalue weighted by molar-refractivity contribution is 0.131. The number of methoxy groups -OCH3 is 1. The Morgan fingerprint density at radius 3 is 2.85 bits per heavy atom. The van der Waals surface area contributed by atoms with Gasteiger partial charge in [0.25, 0.3) is 0 Å². The molecule has 1 aromatic carbocycles. The van der Waals surface area contributed by atoms with E-state index in [4.69, 9.17) is 27.9 Å². The Morgan fingerprint density at radius 1 is 1.33 bits per heavy atom. The van der Waals surface area contributed by atoms with Crippen LogP contribution in [0.3, 0.4) is 0 Å². The zero-order chi connectivity index (χ0) is 19.2. The van der Waals surface area contributed by atoms with E-state index in [1.54, 1.807) is 15.9 Å².